The van der Waals surface area contributed by atoms with Crippen LogP contribution < -0.4 is 5.32 Å². The van der Waals surface area contributed by atoms with E-state index in [9.17, 15) is 26.4 Å². The Bertz CT molecular complexity index is 1370. The summed E-state index contributed by atoms with van der Waals surface area (Å²) in [7, 11) is -3.61. The summed E-state index contributed by atoms with van der Waals surface area (Å²) in [6.07, 6.45) is -3.49. The molecule has 1 heterocycles. The van der Waals surface area contributed by atoms with Crippen molar-refractivity contribution in [1.29, 1.82) is 0 Å². The summed E-state index contributed by atoms with van der Waals surface area (Å²) in [6, 6.07) is 9.34. The number of carboxylic acid groups (broad SMARTS) is 1. The average Bonchev–Trinajstić information content (AvgIpc) is 3.14. The SMILES string of the molecule is Cc1cc(S[C@H](C)CNCCCS(=O)(=O)c2sc3ccc(C(F)(F)F)cc3c2C)ccc1CCC(=O)O. The summed E-state index contributed by atoms with van der Waals surface area (Å²) < 4.78 is 65.6. The number of carbonyl (C=O) groups is 1. The normalized spacial score (nSPS) is 13.2. The van der Waals surface area contributed by atoms with E-state index in [2.05, 4.69) is 18.3 Å². The van der Waals surface area contributed by atoms with Crippen molar-refractivity contribution in [2.45, 2.75) is 60.6 Å². The van der Waals surface area contributed by atoms with Gasteiger partial charge < -0.3 is 10.4 Å². The van der Waals surface area contributed by atoms with Gasteiger partial charge in [-0.1, -0.05) is 13.0 Å². The van der Waals surface area contributed by atoms with Crippen LogP contribution in [-0.4, -0.2) is 43.6 Å². The molecule has 202 valence electrons. The van der Waals surface area contributed by atoms with Crippen molar-refractivity contribution >= 4 is 49.0 Å². The minimum Gasteiger partial charge on any atom is -0.481 e. The number of aliphatic carboxylic acids is 1. The van der Waals surface area contributed by atoms with Crippen LogP contribution in [0.15, 0.2) is 45.5 Å². The first-order chi connectivity index (χ1) is 17.3. The van der Waals surface area contributed by atoms with E-state index in [-0.39, 0.29) is 21.6 Å². The van der Waals surface area contributed by atoms with Gasteiger partial charge in [-0.3, -0.25) is 4.79 Å². The molecule has 0 fully saturated rings. The summed E-state index contributed by atoms with van der Waals surface area (Å²) in [5.74, 6) is -0.901. The molecule has 0 saturated carbocycles. The number of benzene rings is 2. The third-order valence-electron chi connectivity index (χ3n) is 5.96. The highest BCUT2D eigenvalue weighted by atomic mass is 32.2. The Hall–Kier alpha value is -2.08. The molecule has 0 amide bonds. The maximum Gasteiger partial charge on any atom is 0.416 e. The molecule has 0 radical (unpaired) electrons. The minimum absolute atomic E-state index is 0.0850. The van der Waals surface area contributed by atoms with Crippen LogP contribution in [0, 0.1) is 13.8 Å². The lowest BCUT2D eigenvalue weighted by Gasteiger charge is -2.14. The van der Waals surface area contributed by atoms with Crippen LogP contribution in [0.4, 0.5) is 13.2 Å². The average molecular weight is 574 g/mol. The Morgan fingerprint density at radius 2 is 1.89 bits per heavy atom. The van der Waals surface area contributed by atoms with Gasteiger partial charge >= 0.3 is 12.1 Å². The van der Waals surface area contributed by atoms with E-state index in [0.717, 1.165) is 39.5 Å². The predicted octanol–water partition coefficient (Wildman–Crippen LogP) is 6.49. The Labute approximate surface area is 223 Å². The van der Waals surface area contributed by atoms with Gasteiger partial charge in [-0.15, -0.1) is 23.1 Å². The molecule has 0 unspecified atom stereocenters. The van der Waals surface area contributed by atoms with Crippen LogP contribution in [0.25, 0.3) is 10.1 Å². The lowest BCUT2D eigenvalue weighted by molar-refractivity contribution is -0.138. The Balaban J connectivity index is 1.49. The van der Waals surface area contributed by atoms with Crippen molar-refractivity contribution in [3.8, 4) is 0 Å². The molecular weight excluding hydrogens is 543 g/mol. The molecule has 2 N–H and O–H groups in total. The van der Waals surface area contributed by atoms with Crippen molar-refractivity contribution in [2.24, 2.45) is 0 Å². The van der Waals surface area contributed by atoms with Gasteiger partial charge in [0.25, 0.3) is 0 Å². The standard InChI is InChI=1S/C26H30F3NO4S3/c1-16-13-21(8-5-19(16)6-10-24(31)32)35-17(2)15-30-11-4-12-37(33,34)25-18(3)22-14-20(26(27,28)29)7-9-23(22)36-25/h5,7-9,13-14,17,30H,4,6,10-12,15H2,1-3H3,(H,31,32)/t17-/m1/s1. The molecule has 11 heteroatoms. The van der Waals surface area contributed by atoms with Gasteiger partial charge in [0.15, 0.2) is 9.84 Å². The fraction of sp³-hybridized carbons (Fsp3) is 0.423. The Morgan fingerprint density at radius 3 is 2.54 bits per heavy atom. The molecule has 0 spiro atoms. The van der Waals surface area contributed by atoms with Gasteiger partial charge in [-0.05, 0) is 85.6 Å². The fourth-order valence-corrected chi connectivity index (χ4v) is 8.29. The number of thiophene rings is 1. The van der Waals surface area contributed by atoms with Crippen molar-refractivity contribution in [3.63, 3.8) is 0 Å². The first-order valence-electron chi connectivity index (χ1n) is 11.8. The minimum atomic E-state index is -4.48. The van der Waals surface area contributed by atoms with Crippen molar-refractivity contribution in [3.05, 3.63) is 58.7 Å². The van der Waals surface area contributed by atoms with Crippen molar-refractivity contribution in [1.82, 2.24) is 5.32 Å². The van der Waals surface area contributed by atoms with E-state index >= 15 is 0 Å². The van der Waals surface area contributed by atoms with Crippen LogP contribution >= 0.6 is 23.1 Å². The molecule has 3 rings (SSSR count). The van der Waals surface area contributed by atoms with E-state index in [1.807, 2.05) is 19.1 Å². The van der Waals surface area contributed by atoms with E-state index in [0.29, 0.717) is 41.6 Å². The van der Waals surface area contributed by atoms with Crippen LogP contribution in [-0.2, 0) is 27.2 Å². The van der Waals surface area contributed by atoms with Crippen LogP contribution in [0.5, 0.6) is 0 Å². The maximum absolute atomic E-state index is 13.1. The number of thioether (sulfide) groups is 1. The van der Waals surface area contributed by atoms with E-state index in [1.54, 1.807) is 18.7 Å². The second kappa shape index (κ2) is 12.2. The molecule has 3 aromatic rings. The molecule has 1 atom stereocenters. The molecule has 5 nitrogen and oxygen atoms in total. The zero-order valence-electron chi connectivity index (χ0n) is 20.8. The number of nitrogens with one attached hydrogen (secondary N) is 1. The molecule has 0 aliphatic heterocycles. The number of alkyl halides is 3. The highest BCUT2D eigenvalue weighted by Crippen LogP contribution is 2.38. The van der Waals surface area contributed by atoms with Gasteiger partial charge in [0, 0.05) is 27.8 Å². The second-order valence-corrected chi connectivity index (χ2v) is 13.9. The number of carboxylic acids is 1. The van der Waals surface area contributed by atoms with Gasteiger partial charge in [0.2, 0.25) is 0 Å². The molecule has 0 saturated heterocycles. The zero-order valence-corrected chi connectivity index (χ0v) is 23.3. The Morgan fingerprint density at radius 1 is 1.16 bits per heavy atom. The van der Waals surface area contributed by atoms with E-state index in [1.165, 1.54) is 6.07 Å². The highest BCUT2D eigenvalue weighted by molar-refractivity contribution is 8.00. The first kappa shape index (κ1) is 29.5. The van der Waals surface area contributed by atoms with Gasteiger partial charge in [0.05, 0.1) is 11.3 Å². The van der Waals surface area contributed by atoms with Crippen LogP contribution in [0.3, 0.4) is 0 Å². The molecule has 0 aliphatic carbocycles. The number of aryl methyl sites for hydroxylation is 3. The molecular formula is C26H30F3NO4S3. The predicted molar refractivity (Wildman–Crippen MR) is 144 cm³/mol. The number of hydrogen-bond acceptors (Lipinski definition) is 6. The Kier molecular flexibility index (Phi) is 9.71. The summed E-state index contributed by atoms with van der Waals surface area (Å²) in [5.41, 5.74) is 1.66. The van der Waals surface area contributed by atoms with Crippen LogP contribution in [0.1, 0.15) is 42.0 Å². The third-order valence-corrected chi connectivity index (χ3v) is 10.8. The lowest BCUT2D eigenvalue weighted by atomic mass is 10.0. The second-order valence-electron chi connectivity index (χ2n) is 9.01. The van der Waals surface area contributed by atoms with Gasteiger partial charge in [0.1, 0.15) is 4.21 Å². The van der Waals surface area contributed by atoms with Gasteiger partial charge in [-0.2, -0.15) is 13.2 Å². The van der Waals surface area contributed by atoms with Crippen molar-refractivity contribution in [2.75, 3.05) is 18.8 Å². The first-order valence-corrected chi connectivity index (χ1v) is 15.1. The summed E-state index contributed by atoms with van der Waals surface area (Å²) in [5, 5.41) is 12.7. The van der Waals surface area contributed by atoms with E-state index < -0.39 is 27.5 Å². The maximum atomic E-state index is 13.1. The fourth-order valence-electron chi connectivity index (χ4n) is 3.99. The van der Waals surface area contributed by atoms with Crippen molar-refractivity contribution < 1.29 is 31.5 Å². The van der Waals surface area contributed by atoms with E-state index in [4.69, 9.17) is 5.11 Å². The highest BCUT2D eigenvalue weighted by Gasteiger charge is 2.31. The summed E-state index contributed by atoms with van der Waals surface area (Å²) in [4.78, 5) is 11.9. The number of rotatable bonds is 12. The summed E-state index contributed by atoms with van der Waals surface area (Å²) in [6.45, 7) is 6.77. The molecule has 0 aliphatic rings. The lowest BCUT2D eigenvalue weighted by Crippen LogP contribution is -2.25. The summed E-state index contributed by atoms with van der Waals surface area (Å²) >= 11 is 2.70. The van der Waals surface area contributed by atoms with Crippen LogP contribution in [0.2, 0.25) is 0 Å². The number of hydrogen-bond donors (Lipinski definition) is 2. The molecule has 2 aromatic carbocycles. The monoisotopic (exact) mass is 573 g/mol. The largest absolute Gasteiger partial charge is 0.481 e. The molecule has 37 heavy (non-hydrogen) atoms. The van der Waals surface area contributed by atoms with Gasteiger partial charge in [-0.25, -0.2) is 8.42 Å². The number of fused-ring (bicyclic) bond motifs is 1. The smallest absolute Gasteiger partial charge is 0.416 e. The number of sulfone groups is 1. The zero-order chi connectivity index (χ0) is 27.4. The quantitative estimate of drug-likeness (QED) is 0.190. The number of halogens is 3. The molecule has 1 aromatic heterocycles. The molecule has 0 bridgehead atoms. The topological polar surface area (TPSA) is 83.5 Å². The third kappa shape index (κ3) is 7.95.